The molecular weight excluding hydrogens is 374 g/mol. The van der Waals surface area contributed by atoms with Gasteiger partial charge in [-0.05, 0) is 35.8 Å². The van der Waals surface area contributed by atoms with Crippen molar-refractivity contribution in [1.29, 1.82) is 0 Å². The summed E-state index contributed by atoms with van der Waals surface area (Å²) >= 11 is 0. The van der Waals surface area contributed by atoms with E-state index in [2.05, 4.69) is 58.6 Å². The van der Waals surface area contributed by atoms with Crippen molar-refractivity contribution in [2.75, 3.05) is 33.2 Å². The van der Waals surface area contributed by atoms with Crippen molar-refractivity contribution >= 4 is 11.9 Å². The molecule has 2 aliphatic heterocycles. The Morgan fingerprint density at radius 1 is 1.13 bits per heavy atom. The lowest BCUT2D eigenvalue weighted by Crippen LogP contribution is -2.44. The molecule has 1 amide bonds. The molecular formula is C24H39N5O. The fraction of sp³-hybridized carbons (Fsp3) is 0.667. The predicted octanol–water partition coefficient (Wildman–Crippen LogP) is 2.84. The van der Waals surface area contributed by atoms with E-state index in [4.69, 9.17) is 0 Å². The maximum Gasteiger partial charge on any atom is 0.222 e. The second-order valence-electron chi connectivity index (χ2n) is 9.16. The Kier molecular flexibility index (Phi) is 8.14. The average molecular weight is 414 g/mol. The molecule has 2 N–H and O–H groups in total. The molecule has 1 aromatic rings. The van der Waals surface area contributed by atoms with Crippen LogP contribution in [-0.4, -0.2) is 60.9 Å². The number of carbonyl (C=O) groups excluding carboxylic acids is 1. The van der Waals surface area contributed by atoms with Gasteiger partial charge in [-0.2, -0.15) is 0 Å². The number of nitrogens with zero attached hydrogens (tertiary/aromatic N) is 3. The van der Waals surface area contributed by atoms with Crippen molar-refractivity contribution in [2.45, 2.75) is 59.2 Å². The normalized spacial score (nSPS) is 25.4. The van der Waals surface area contributed by atoms with Crippen LogP contribution in [0.2, 0.25) is 0 Å². The molecule has 3 atom stereocenters. The molecule has 0 aliphatic carbocycles. The minimum atomic E-state index is 0.234. The average Bonchev–Trinajstić information content (AvgIpc) is 3.19. The molecule has 3 rings (SSSR count). The van der Waals surface area contributed by atoms with E-state index < -0.39 is 0 Å². The number of amides is 1. The first kappa shape index (κ1) is 22.6. The molecule has 166 valence electrons. The Morgan fingerprint density at radius 3 is 2.50 bits per heavy atom. The summed E-state index contributed by atoms with van der Waals surface area (Å²) in [6.45, 7) is 12.4. The highest BCUT2D eigenvalue weighted by atomic mass is 16.2. The summed E-state index contributed by atoms with van der Waals surface area (Å²) in [5, 5.41) is 6.97. The first-order valence-corrected chi connectivity index (χ1v) is 11.5. The number of carbonyl (C=O) groups is 1. The Morgan fingerprint density at radius 2 is 1.83 bits per heavy atom. The summed E-state index contributed by atoms with van der Waals surface area (Å²) in [5.41, 5.74) is 2.71. The molecule has 0 bridgehead atoms. The molecule has 2 heterocycles. The van der Waals surface area contributed by atoms with Crippen LogP contribution in [0.1, 0.15) is 51.2 Å². The minimum Gasteiger partial charge on any atom is -0.352 e. The number of aliphatic imine (C=N–C) groups is 1. The fourth-order valence-corrected chi connectivity index (χ4v) is 4.94. The molecule has 6 heteroatoms. The summed E-state index contributed by atoms with van der Waals surface area (Å²) in [4.78, 5) is 20.9. The van der Waals surface area contributed by atoms with Crippen LogP contribution >= 0.6 is 0 Å². The first-order chi connectivity index (χ1) is 14.5. The van der Waals surface area contributed by atoms with Crippen LogP contribution in [0.3, 0.4) is 0 Å². The Hall–Kier alpha value is -2.08. The van der Waals surface area contributed by atoms with Gasteiger partial charge in [0.15, 0.2) is 5.96 Å². The fourth-order valence-electron chi connectivity index (χ4n) is 4.94. The van der Waals surface area contributed by atoms with Crippen LogP contribution in [0.25, 0.3) is 0 Å². The number of likely N-dealkylation sites (tertiary alicyclic amines) is 2. The van der Waals surface area contributed by atoms with E-state index in [0.717, 1.165) is 50.4 Å². The van der Waals surface area contributed by atoms with Gasteiger partial charge in [-0.3, -0.25) is 14.7 Å². The molecule has 30 heavy (non-hydrogen) atoms. The molecule has 6 nitrogen and oxygen atoms in total. The van der Waals surface area contributed by atoms with E-state index in [1.54, 1.807) is 0 Å². The van der Waals surface area contributed by atoms with Crippen molar-refractivity contribution < 1.29 is 4.79 Å². The second-order valence-corrected chi connectivity index (χ2v) is 9.16. The summed E-state index contributed by atoms with van der Waals surface area (Å²) in [7, 11) is 1.81. The van der Waals surface area contributed by atoms with Crippen molar-refractivity contribution in [3.8, 4) is 0 Å². The smallest absolute Gasteiger partial charge is 0.222 e. The zero-order chi connectivity index (χ0) is 21.5. The standard InChI is InChI=1S/C24H39N5O/c1-5-23(30)29-11-10-22(17-29)27-24(25-4)26-13-20-8-6-7-9-21(20)16-28-14-18(2)12-19(3)15-28/h6-9,18-19,22H,5,10-17H2,1-4H3,(H2,25,26,27). The van der Waals surface area contributed by atoms with Crippen molar-refractivity contribution in [2.24, 2.45) is 16.8 Å². The quantitative estimate of drug-likeness (QED) is 0.556. The zero-order valence-corrected chi connectivity index (χ0v) is 19.2. The molecule has 0 saturated carbocycles. The summed E-state index contributed by atoms with van der Waals surface area (Å²) < 4.78 is 0. The number of hydrogen-bond donors (Lipinski definition) is 2. The molecule has 2 fully saturated rings. The van der Waals surface area contributed by atoms with Gasteiger partial charge in [0.2, 0.25) is 5.91 Å². The minimum absolute atomic E-state index is 0.234. The van der Waals surface area contributed by atoms with Gasteiger partial charge < -0.3 is 15.5 Å². The van der Waals surface area contributed by atoms with E-state index in [1.165, 1.54) is 30.6 Å². The predicted molar refractivity (Wildman–Crippen MR) is 123 cm³/mol. The van der Waals surface area contributed by atoms with E-state index in [-0.39, 0.29) is 11.9 Å². The Balaban J connectivity index is 1.54. The summed E-state index contributed by atoms with van der Waals surface area (Å²) in [6.07, 6.45) is 2.88. The number of piperidine rings is 1. The lowest BCUT2D eigenvalue weighted by Gasteiger charge is -2.35. The van der Waals surface area contributed by atoms with E-state index in [0.29, 0.717) is 6.42 Å². The van der Waals surface area contributed by atoms with Crippen LogP contribution in [0.15, 0.2) is 29.3 Å². The Bertz CT molecular complexity index is 724. The maximum absolute atomic E-state index is 11.9. The van der Waals surface area contributed by atoms with Crippen LogP contribution in [0, 0.1) is 11.8 Å². The van der Waals surface area contributed by atoms with E-state index in [1.807, 2.05) is 18.9 Å². The van der Waals surface area contributed by atoms with Crippen LogP contribution in [0.4, 0.5) is 0 Å². The molecule has 0 spiro atoms. The van der Waals surface area contributed by atoms with Crippen LogP contribution in [0.5, 0.6) is 0 Å². The molecule has 0 radical (unpaired) electrons. The maximum atomic E-state index is 11.9. The van der Waals surface area contributed by atoms with Crippen molar-refractivity contribution in [3.05, 3.63) is 35.4 Å². The van der Waals surface area contributed by atoms with Crippen molar-refractivity contribution in [1.82, 2.24) is 20.4 Å². The zero-order valence-electron chi connectivity index (χ0n) is 19.2. The Labute approximate surface area is 182 Å². The molecule has 2 saturated heterocycles. The van der Waals surface area contributed by atoms with Gasteiger partial charge in [0.25, 0.3) is 0 Å². The van der Waals surface area contributed by atoms with E-state index in [9.17, 15) is 4.79 Å². The highest BCUT2D eigenvalue weighted by Crippen LogP contribution is 2.23. The second kappa shape index (κ2) is 10.8. The van der Waals surface area contributed by atoms with Gasteiger partial charge in [0.1, 0.15) is 0 Å². The molecule has 3 unspecified atom stereocenters. The number of benzene rings is 1. The lowest BCUT2D eigenvalue weighted by molar-refractivity contribution is -0.129. The van der Waals surface area contributed by atoms with Gasteiger partial charge in [-0.1, -0.05) is 45.0 Å². The van der Waals surface area contributed by atoms with Gasteiger partial charge in [0, 0.05) is 58.8 Å². The van der Waals surface area contributed by atoms with Gasteiger partial charge in [-0.15, -0.1) is 0 Å². The molecule has 2 aliphatic rings. The van der Waals surface area contributed by atoms with Gasteiger partial charge >= 0.3 is 0 Å². The first-order valence-electron chi connectivity index (χ1n) is 11.5. The van der Waals surface area contributed by atoms with Gasteiger partial charge in [-0.25, -0.2) is 0 Å². The number of nitrogens with one attached hydrogen (secondary N) is 2. The van der Waals surface area contributed by atoms with Gasteiger partial charge in [0.05, 0.1) is 0 Å². The highest BCUT2D eigenvalue weighted by molar-refractivity contribution is 5.80. The highest BCUT2D eigenvalue weighted by Gasteiger charge is 2.26. The van der Waals surface area contributed by atoms with Crippen LogP contribution in [-0.2, 0) is 17.9 Å². The van der Waals surface area contributed by atoms with E-state index >= 15 is 0 Å². The monoisotopic (exact) mass is 413 g/mol. The number of hydrogen-bond acceptors (Lipinski definition) is 3. The topological polar surface area (TPSA) is 60.0 Å². The summed E-state index contributed by atoms with van der Waals surface area (Å²) in [6, 6.07) is 8.98. The SMILES string of the molecule is CCC(=O)N1CCC(NC(=NC)NCc2ccccc2CN2CC(C)CC(C)C2)C1. The third-order valence-electron chi connectivity index (χ3n) is 6.31. The summed E-state index contributed by atoms with van der Waals surface area (Å²) in [5.74, 6) is 2.58. The largest absolute Gasteiger partial charge is 0.352 e. The third-order valence-corrected chi connectivity index (χ3v) is 6.31. The molecule has 1 aromatic carbocycles. The lowest BCUT2D eigenvalue weighted by atomic mass is 9.91. The number of guanidine groups is 1. The van der Waals surface area contributed by atoms with Crippen molar-refractivity contribution in [3.63, 3.8) is 0 Å². The van der Waals surface area contributed by atoms with Crippen LogP contribution < -0.4 is 10.6 Å². The number of rotatable bonds is 6. The molecule has 0 aromatic heterocycles. The third kappa shape index (κ3) is 6.21.